The first kappa shape index (κ1) is 31.6. The van der Waals surface area contributed by atoms with E-state index in [1.807, 2.05) is 53.7 Å². The van der Waals surface area contributed by atoms with Crippen LogP contribution >= 0.6 is 23.4 Å². The van der Waals surface area contributed by atoms with Crippen LogP contribution in [0.25, 0.3) is 0 Å². The van der Waals surface area contributed by atoms with Crippen LogP contribution in [0.15, 0.2) is 42.5 Å². The maximum absolute atomic E-state index is 13.8. The monoisotopic (exact) mass is 590 g/mol. The molecule has 0 saturated carbocycles. The molecule has 218 valence electrons. The molecule has 9 nitrogen and oxygen atoms in total. The Hall–Kier alpha value is -2.95. The van der Waals surface area contributed by atoms with Crippen molar-refractivity contribution in [3.05, 3.63) is 58.6 Å². The van der Waals surface area contributed by atoms with Crippen molar-refractivity contribution >= 4 is 46.8 Å². The number of aliphatic hydroxyl groups excluding tert-OH is 1. The molecule has 3 rings (SSSR count). The number of nitrogens with zero attached hydrogens (tertiary/aromatic N) is 1. The number of aliphatic hydroxyl groups is 1. The van der Waals surface area contributed by atoms with Crippen molar-refractivity contribution in [3.63, 3.8) is 0 Å². The number of benzene rings is 2. The van der Waals surface area contributed by atoms with Crippen LogP contribution in [0.1, 0.15) is 57.5 Å². The lowest BCUT2D eigenvalue weighted by atomic mass is 9.96. The number of carbonyl (C=O) groups excluding carboxylic acids is 3. The first-order valence-electron chi connectivity index (χ1n) is 13.2. The van der Waals surface area contributed by atoms with Crippen LogP contribution in [0.3, 0.4) is 0 Å². The maximum atomic E-state index is 13.8. The predicted molar refractivity (Wildman–Crippen MR) is 160 cm³/mol. The number of nitrogen functional groups attached to an aromatic ring is 1. The van der Waals surface area contributed by atoms with Gasteiger partial charge >= 0.3 is 0 Å². The zero-order chi connectivity index (χ0) is 29.8. The summed E-state index contributed by atoms with van der Waals surface area (Å²) in [5.41, 5.74) is 6.49. The van der Waals surface area contributed by atoms with E-state index in [9.17, 15) is 19.5 Å². The number of thioether (sulfide) groups is 1. The summed E-state index contributed by atoms with van der Waals surface area (Å²) >= 11 is 7.73. The molecule has 1 fully saturated rings. The van der Waals surface area contributed by atoms with Gasteiger partial charge in [0.2, 0.25) is 5.91 Å². The lowest BCUT2D eigenvalue weighted by molar-refractivity contribution is -0.147. The van der Waals surface area contributed by atoms with Gasteiger partial charge in [-0.25, -0.2) is 0 Å². The summed E-state index contributed by atoms with van der Waals surface area (Å²) in [5.74, 6) is -0.642. The quantitative estimate of drug-likeness (QED) is 0.328. The van der Waals surface area contributed by atoms with Crippen molar-refractivity contribution in [1.29, 1.82) is 0 Å². The van der Waals surface area contributed by atoms with Gasteiger partial charge in [0.25, 0.3) is 11.8 Å². The van der Waals surface area contributed by atoms with E-state index in [1.54, 1.807) is 24.3 Å². The van der Waals surface area contributed by atoms with Crippen LogP contribution in [0.4, 0.5) is 5.69 Å². The van der Waals surface area contributed by atoms with Crippen LogP contribution in [-0.2, 0) is 16.0 Å². The average Bonchev–Trinajstić information content (AvgIpc) is 3.19. The number of halogens is 1. The minimum atomic E-state index is -1.64. The van der Waals surface area contributed by atoms with E-state index in [4.69, 9.17) is 22.1 Å². The number of amides is 3. The number of hydrogen-bond acceptors (Lipinski definition) is 7. The number of nitrogens with one attached hydrogen (secondary N) is 2. The van der Waals surface area contributed by atoms with E-state index in [0.717, 1.165) is 5.56 Å². The lowest BCUT2D eigenvalue weighted by Crippen LogP contribution is -2.60. The molecule has 0 aromatic heterocycles. The van der Waals surface area contributed by atoms with Gasteiger partial charge in [0.05, 0.1) is 34.8 Å². The second-order valence-electron chi connectivity index (χ2n) is 11.3. The molecule has 2 aromatic rings. The molecule has 0 radical (unpaired) electrons. The van der Waals surface area contributed by atoms with E-state index >= 15 is 0 Å². The van der Waals surface area contributed by atoms with Crippen LogP contribution in [-0.4, -0.2) is 68.7 Å². The number of ether oxygens (including phenoxy) is 1. The predicted octanol–water partition coefficient (Wildman–Crippen LogP) is 3.62. The fourth-order valence-electron chi connectivity index (χ4n) is 4.55. The fraction of sp³-hybridized carbons (Fsp3) is 0.483. The molecule has 0 aliphatic carbocycles. The number of hydrogen-bond donors (Lipinski definition) is 4. The third kappa shape index (κ3) is 7.62. The average molecular weight is 591 g/mol. The Balaban J connectivity index is 1.91. The second kappa shape index (κ2) is 12.7. The Labute approximate surface area is 245 Å². The van der Waals surface area contributed by atoms with Gasteiger partial charge < -0.3 is 31.1 Å². The Morgan fingerprint density at radius 2 is 1.85 bits per heavy atom. The van der Waals surface area contributed by atoms with Gasteiger partial charge in [-0.2, -0.15) is 0 Å². The van der Waals surface area contributed by atoms with Gasteiger partial charge in [-0.15, -0.1) is 11.8 Å². The first-order valence-corrected chi connectivity index (χ1v) is 14.5. The van der Waals surface area contributed by atoms with Crippen LogP contribution in [0, 0.1) is 0 Å². The van der Waals surface area contributed by atoms with E-state index < -0.39 is 40.3 Å². The third-order valence-electron chi connectivity index (χ3n) is 6.49. The summed E-state index contributed by atoms with van der Waals surface area (Å²) in [6, 6.07) is 10.0. The Morgan fingerprint density at radius 1 is 1.20 bits per heavy atom. The summed E-state index contributed by atoms with van der Waals surface area (Å²) in [5, 5.41) is 17.2. The summed E-state index contributed by atoms with van der Waals surface area (Å²) in [7, 11) is 0. The van der Waals surface area contributed by atoms with E-state index in [0.29, 0.717) is 12.4 Å². The zero-order valence-corrected chi connectivity index (χ0v) is 25.4. The molecule has 40 heavy (non-hydrogen) atoms. The van der Waals surface area contributed by atoms with Crippen molar-refractivity contribution in [1.82, 2.24) is 15.5 Å². The van der Waals surface area contributed by atoms with Gasteiger partial charge in [-0.05, 0) is 77.8 Å². The molecule has 0 bridgehead atoms. The lowest BCUT2D eigenvalue weighted by Gasteiger charge is -2.35. The zero-order valence-electron chi connectivity index (χ0n) is 23.8. The van der Waals surface area contributed by atoms with E-state index in [1.165, 1.54) is 22.7 Å². The van der Waals surface area contributed by atoms with Gasteiger partial charge in [0, 0.05) is 10.3 Å². The fourth-order valence-corrected chi connectivity index (χ4v) is 5.90. The Kier molecular flexibility index (Phi) is 10.0. The van der Waals surface area contributed by atoms with Crippen molar-refractivity contribution in [2.24, 2.45) is 0 Å². The highest BCUT2D eigenvalue weighted by Gasteiger charge is 2.50. The van der Waals surface area contributed by atoms with Crippen molar-refractivity contribution in [3.8, 4) is 5.75 Å². The minimum absolute atomic E-state index is 0.0808. The number of carbonyl (C=O) groups is 3. The largest absolute Gasteiger partial charge is 0.494 e. The minimum Gasteiger partial charge on any atom is -0.494 e. The molecular weight excluding hydrogens is 552 g/mol. The van der Waals surface area contributed by atoms with Gasteiger partial charge in [-0.3, -0.25) is 14.4 Å². The molecular formula is C29H39ClN4O5S. The van der Waals surface area contributed by atoms with Gasteiger partial charge in [0.1, 0.15) is 11.8 Å². The molecule has 1 heterocycles. The Bertz CT molecular complexity index is 1230. The first-order chi connectivity index (χ1) is 18.6. The third-order valence-corrected chi connectivity index (χ3v) is 8.29. The van der Waals surface area contributed by atoms with Crippen molar-refractivity contribution in [2.75, 3.05) is 18.2 Å². The second-order valence-corrected chi connectivity index (χ2v) is 13.3. The summed E-state index contributed by atoms with van der Waals surface area (Å²) < 4.78 is 4.92. The number of nitrogens with two attached hydrogens (primary N) is 1. The van der Waals surface area contributed by atoms with E-state index in [-0.39, 0.29) is 34.5 Å². The van der Waals surface area contributed by atoms with Crippen LogP contribution in [0.5, 0.6) is 5.75 Å². The number of rotatable bonds is 9. The summed E-state index contributed by atoms with van der Waals surface area (Å²) in [6.45, 7) is 11.8. The van der Waals surface area contributed by atoms with Gasteiger partial charge in [0.15, 0.2) is 6.10 Å². The molecule has 11 heteroatoms. The van der Waals surface area contributed by atoms with E-state index in [2.05, 4.69) is 10.6 Å². The SMILES string of the molecule is CCOc1ccc(C[C@H](NC(=O)c2cccc(N)c2Cl)[C@H](O)C(=O)N2CSC(C)(C)[C@H]2C(=O)NC(C)(C)C)cc1. The molecule has 1 saturated heterocycles. The van der Waals surface area contributed by atoms with Gasteiger partial charge in [-0.1, -0.05) is 29.8 Å². The molecule has 5 N–H and O–H groups in total. The van der Waals surface area contributed by atoms with Crippen LogP contribution in [0.2, 0.25) is 5.02 Å². The normalized spacial score (nSPS) is 18.1. The highest BCUT2D eigenvalue weighted by molar-refractivity contribution is 8.00. The van der Waals surface area contributed by atoms with Crippen molar-refractivity contribution in [2.45, 2.75) is 76.4 Å². The molecule has 3 atom stereocenters. The molecule has 2 aromatic carbocycles. The molecule has 1 aliphatic rings. The summed E-state index contributed by atoms with van der Waals surface area (Å²) in [4.78, 5) is 41.7. The molecule has 0 unspecified atom stereocenters. The topological polar surface area (TPSA) is 134 Å². The number of anilines is 1. The van der Waals surface area contributed by atoms with Crippen LogP contribution < -0.4 is 21.1 Å². The smallest absolute Gasteiger partial charge is 0.254 e. The molecule has 3 amide bonds. The summed E-state index contributed by atoms with van der Waals surface area (Å²) in [6.07, 6.45) is -1.51. The highest BCUT2D eigenvalue weighted by Crippen LogP contribution is 2.40. The highest BCUT2D eigenvalue weighted by atomic mass is 35.5. The molecule has 1 aliphatic heterocycles. The standard InChI is InChI=1S/C29H39ClN4O5S/c1-7-39-18-13-11-17(12-14-18)15-21(32-25(36)19-9-8-10-20(31)22(19)30)23(35)27(38)34-16-40-29(5,6)24(34)26(37)33-28(2,3)4/h8-14,21,23-24,35H,7,15-16,31H2,1-6H3,(H,32,36)(H,33,37)/t21-,23-,24+/m0/s1. The maximum Gasteiger partial charge on any atom is 0.254 e. The molecule has 0 spiro atoms. The Morgan fingerprint density at radius 3 is 2.45 bits per heavy atom. The van der Waals surface area contributed by atoms with Crippen molar-refractivity contribution < 1.29 is 24.2 Å².